The zero-order chi connectivity index (χ0) is 16.4. The molecule has 0 aliphatic carbocycles. The Balaban J connectivity index is 4.59. The number of carboxylic acids is 1. The second-order valence-corrected chi connectivity index (χ2v) is 5.80. The number of carbonyl (C=O) groups excluding carboxylic acids is 1. The van der Waals surface area contributed by atoms with Crippen LogP contribution in [0.15, 0.2) is 11.8 Å². The van der Waals surface area contributed by atoms with Crippen molar-refractivity contribution in [3.8, 4) is 6.07 Å². The topological polar surface area (TPSA) is 102 Å². The number of carboxylic acid groups (broad SMARTS) is 1. The van der Waals surface area contributed by atoms with E-state index in [1.807, 2.05) is 13.8 Å². The number of rotatable bonds is 9. The van der Waals surface area contributed by atoms with Crippen LogP contribution in [-0.2, 0) is 9.59 Å². The van der Waals surface area contributed by atoms with Gasteiger partial charge in [0, 0.05) is 12.7 Å². The second-order valence-electron chi connectivity index (χ2n) is 5.80. The summed E-state index contributed by atoms with van der Waals surface area (Å²) in [6, 6.07) is 0.800. The van der Waals surface area contributed by atoms with E-state index in [9.17, 15) is 9.59 Å². The molecule has 0 aliphatic heterocycles. The highest BCUT2D eigenvalue weighted by Gasteiger charge is 2.22. The molecule has 6 nitrogen and oxygen atoms in total. The Bertz CT molecular complexity index is 422. The average Bonchev–Trinajstić information content (AvgIpc) is 2.36. The molecule has 0 radical (unpaired) electrons. The van der Waals surface area contributed by atoms with E-state index in [-0.39, 0.29) is 11.5 Å². The van der Waals surface area contributed by atoms with Crippen LogP contribution in [0.2, 0.25) is 0 Å². The summed E-state index contributed by atoms with van der Waals surface area (Å²) in [6.45, 7) is 8.55. The van der Waals surface area contributed by atoms with Gasteiger partial charge in [-0.05, 0) is 24.7 Å². The zero-order valence-corrected chi connectivity index (χ0v) is 13.1. The van der Waals surface area contributed by atoms with Crippen molar-refractivity contribution >= 4 is 11.9 Å². The molecule has 1 amide bonds. The first-order valence-electron chi connectivity index (χ1n) is 7.15. The SMILES string of the molecule is CC(C)CCN/C=C(/C#N)C(=O)NC(CC(C)C)C(=O)O. The summed E-state index contributed by atoms with van der Waals surface area (Å²) in [5.41, 5.74) is -0.117. The van der Waals surface area contributed by atoms with Gasteiger partial charge in [-0.3, -0.25) is 4.79 Å². The molecule has 0 saturated carbocycles. The molecule has 0 aromatic rings. The first-order chi connectivity index (χ1) is 9.77. The van der Waals surface area contributed by atoms with Crippen LogP contribution in [0.4, 0.5) is 0 Å². The number of hydrogen-bond acceptors (Lipinski definition) is 4. The van der Waals surface area contributed by atoms with E-state index in [0.717, 1.165) is 6.42 Å². The Morgan fingerprint density at radius 2 is 1.86 bits per heavy atom. The summed E-state index contributed by atoms with van der Waals surface area (Å²) < 4.78 is 0. The van der Waals surface area contributed by atoms with Gasteiger partial charge in [-0.25, -0.2) is 4.79 Å². The molecule has 0 heterocycles. The fourth-order valence-electron chi connectivity index (χ4n) is 1.62. The molecule has 118 valence electrons. The molecule has 0 saturated heterocycles. The minimum absolute atomic E-state index is 0.117. The lowest BCUT2D eigenvalue weighted by molar-refractivity contribution is -0.141. The highest BCUT2D eigenvalue weighted by atomic mass is 16.4. The maximum absolute atomic E-state index is 11.9. The van der Waals surface area contributed by atoms with E-state index >= 15 is 0 Å². The van der Waals surface area contributed by atoms with Crippen molar-refractivity contribution in [1.82, 2.24) is 10.6 Å². The Morgan fingerprint density at radius 1 is 1.24 bits per heavy atom. The molecule has 3 N–H and O–H groups in total. The van der Waals surface area contributed by atoms with Crippen molar-refractivity contribution in [2.24, 2.45) is 11.8 Å². The number of nitriles is 1. The lowest BCUT2D eigenvalue weighted by atomic mass is 10.0. The summed E-state index contributed by atoms with van der Waals surface area (Å²) >= 11 is 0. The molecule has 0 aliphatic rings. The first kappa shape index (κ1) is 19.0. The van der Waals surface area contributed by atoms with Gasteiger partial charge in [0.1, 0.15) is 17.7 Å². The maximum atomic E-state index is 11.9. The standard InChI is InChI=1S/C15H25N3O3/c1-10(2)5-6-17-9-12(8-16)14(19)18-13(15(20)21)7-11(3)4/h9-11,13,17H,5-7H2,1-4H3,(H,18,19)(H,20,21)/b12-9-. The van der Waals surface area contributed by atoms with E-state index in [1.54, 1.807) is 6.07 Å². The van der Waals surface area contributed by atoms with Crippen LogP contribution in [0.1, 0.15) is 40.5 Å². The van der Waals surface area contributed by atoms with E-state index in [0.29, 0.717) is 18.9 Å². The number of nitrogens with zero attached hydrogens (tertiary/aromatic N) is 1. The van der Waals surface area contributed by atoms with Crippen LogP contribution in [0, 0.1) is 23.2 Å². The monoisotopic (exact) mass is 295 g/mol. The molecule has 0 aromatic carbocycles. The highest BCUT2D eigenvalue weighted by Crippen LogP contribution is 2.06. The largest absolute Gasteiger partial charge is 0.480 e. The van der Waals surface area contributed by atoms with Gasteiger partial charge in [0.25, 0.3) is 5.91 Å². The Labute approximate surface area is 126 Å². The van der Waals surface area contributed by atoms with Gasteiger partial charge >= 0.3 is 5.97 Å². The van der Waals surface area contributed by atoms with Gasteiger partial charge in [0.2, 0.25) is 0 Å². The molecule has 1 unspecified atom stereocenters. The van der Waals surface area contributed by atoms with E-state index in [4.69, 9.17) is 10.4 Å². The van der Waals surface area contributed by atoms with E-state index < -0.39 is 17.9 Å². The quantitative estimate of drug-likeness (QED) is 0.341. The molecule has 21 heavy (non-hydrogen) atoms. The molecular formula is C15H25N3O3. The highest BCUT2D eigenvalue weighted by molar-refractivity contribution is 5.99. The predicted octanol–water partition coefficient (Wildman–Crippen LogP) is 1.65. The van der Waals surface area contributed by atoms with Crippen molar-refractivity contribution in [1.29, 1.82) is 5.26 Å². The molecule has 0 aromatic heterocycles. The average molecular weight is 295 g/mol. The molecule has 0 bridgehead atoms. The number of nitrogens with one attached hydrogen (secondary N) is 2. The Hall–Kier alpha value is -2.03. The predicted molar refractivity (Wildman–Crippen MR) is 80.2 cm³/mol. The number of amides is 1. The lowest BCUT2D eigenvalue weighted by Gasteiger charge is -2.16. The normalized spacial score (nSPS) is 12.9. The molecule has 0 fully saturated rings. The summed E-state index contributed by atoms with van der Waals surface area (Å²) in [5.74, 6) is -1.11. The third-order valence-corrected chi connectivity index (χ3v) is 2.79. The van der Waals surface area contributed by atoms with Crippen LogP contribution in [0.3, 0.4) is 0 Å². The van der Waals surface area contributed by atoms with E-state index in [1.165, 1.54) is 6.20 Å². The zero-order valence-electron chi connectivity index (χ0n) is 13.1. The van der Waals surface area contributed by atoms with Gasteiger partial charge in [-0.15, -0.1) is 0 Å². The fraction of sp³-hybridized carbons (Fsp3) is 0.667. The third-order valence-electron chi connectivity index (χ3n) is 2.79. The summed E-state index contributed by atoms with van der Waals surface area (Å²) in [5, 5.41) is 23.3. The van der Waals surface area contributed by atoms with Crippen LogP contribution in [0.5, 0.6) is 0 Å². The van der Waals surface area contributed by atoms with Gasteiger partial charge in [-0.1, -0.05) is 27.7 Å². The second kappa shape index (κ2) is 9.81. The van der Waals surface area contributed by atoms with Crippen molar-refractivity contribution in [2.45, 2.75) is 46.6 Å². The van der Waals surface area contributed by atoms with Gasteiger partial charge < -0.3 is 15.7 Å². The number of hydrogen-bond donors (Lipinski definition) is 3. The van der Waals surface area contributed by atoms with Crippen LogP contribution < -0.4 is 10.6 Å². The summed E-state index contributed by atoms with van der Waals surface area (Å²) in [7, 11) is 0. The molecular weight excluding hydrogens is 270 g/mol. The van der Waals surface area contributed by atoms with Crippen molar-refractivity contribution in [3.05, 3.63) is 11.8 Å². The summed E-state index contributed by atoms with van der Waals surface area (Å²) in [6.07, 6.45) is 2.58. The van der Waals surface area contributed by atoms with Gasteiger partial charge in [0.15, 0.2) is 0 Å². The van der Waals surface area contributed by atoms with Gasteiger partial charge in [-0.2, -0.15) is 5.26 Å². The van der Waals surface area contributed by atoms with Gasteiger partial charge in [0.05, 0.1) is 0 Å². The van der Waals surface area contributed by atoms with Crippen molar-refractivity contribution in [3.63, 3.8) is 0 Å². The first-order valence-corrected chi connectivity index (χ1v) is 7.15. The molecule has 0 spiro atoms. The number of carbonyl (C=O) groups is 2. The van der Waals surface area contributed by atoms with E-state index in [2.05, 4.69) is 24.5 Å². The molecule has 0 rings (SSSR count). The lowest BCUT2D eigenvalue weighted by Crippen LogP contribution is -2.42. The van der Waals surface area contributed by atoms with Crippen LogP contribution in [0.25, 0.3) is 0 Å². The third kappa shape index (κ3) is 8.69. The molecule has 1 atom stereocenters. The van der Waals surface area contributed by atoms with Crippen molar-refractivity contribution < 1.29 is 14.7 Å². The minimum Gasteiger partial charge on any atom is -0.480 e. The molecule has 6 heteroatoms. The van der Waals surface area contributed by atoms with Crippen molar-refractivity contribution in [2.75, 3.05) is 6.54 Å². The number of aliphatic carboxylic acids is 1. The Kier molecular flexibility index (Phi) is 8.86. The summed E-state index contributed by atoms with van der Waals surface area (Å²) in [4.78, 5) is 23.0. The van der Waals surface area contributed by atoms with Crippen LogP contribution in [-0.4, -0.2) is 29.6 Å². The van der Waals surface area contributed by atoms with Crippen LogP contribution >= 0.6 is 0 Å². The minimum atomic E-state index is -1.10. The smallest absolute Gasteiger partial charge is 0.326 e. The Morgan fingerprint density at radius 3 is 2.29 bits per heavy atom. The maximum Gasteiger partial charge on any atom is 0.326 e. The fourth-order valence-corrected chi connectivity index (χ4v) is 1.62.